The third kappa shape index (κ3) is 2.87. The fraction of sp³-hybridized carbons (Fsp3) is 0.250. The van der Waals surface area contributed by atoms with Crippen molar-refractivity contribution in [3.8, 4) is 22.8 Å². The van der Waals surface area contributed by atoms with Gasteiger partial charge in [0.05, 0.1) is 14.2 Å². The van der Waals surface area contributed by atoms with Crippen LogP contribution in [-0.2, 0) is 11.2 Å². The van der Waals surface area contributed by atoms with E-state index in [-0.39, 0.29) is 5.78 Å². The first-order valence-corrected chi connectivity index (χ1v) is 7.77. The lowest BCUT2D eigenvalue weighted by Crippen LogP contribution is -1.99. The summed E-state index contributed by atoms with van der Waals surface area (Å²) < 4.78 is 16.7. The van der Waals surface area contributed by atoms with E-state index in [1.165, 1.54) is 0 Å². The van der Waals surface area contributed by atoms with E-state index in [2.05, 4.69) is 0 Å². The van der Waals surface area contributed by atoms with E-state index < -0.39 is 0 Å². The van der Waals surface area contributed by atoms with Crippen molar-refractivity contribution in [1.82, 2.24) is 0 Å². The van der Waals surface area contributed by atoms with Crippen LogP contribution in [0.4, 0.5) is 0 Å². The first kappa shape index (κ1) is 16.1. The van der Waals surface area contributed by atoms with Gasteiger partial charge in [0.2, 0.25) is 0 Å². The van der Waals surface area contributed by atoms with Crippen molar-refractivity contribution in [2.45, 2.75) is 20.3 Å². The topological polar surface area (TPSA) is 48.7 Å². The molecule has 0 aliphatic heterocycles. The standard InChI is InChI=1S/C20H20O4/c1-12(21)9-15-10-17-13(2)20(24-19(17)11-18(15)23-4)14-5-7-16(22-3)8-6-14/h5-8,10-11H,9H2,1-4H3. The fourth-order valence-electron chi connectivity index (χ4n) is 2.91. The number of fused-ring (bicyclic) bond motifs is 1. The maximum absolute atomic E-state index is 11.5. The van der Waals surface area contributed by atoms with Gasteiger partial charge in [-0.3, -0.25) is 4.79 Å². The molecule has 0 N–H and O–H groups in total. The number of carbonyl (C=O) groups excluding carboxylic acids is 1. The lowest BCUT2D eigenvalue weighted by Gasteiger charge is -2.07. The number of furan rings is 1. The minimum absolute atomic E-state index is 0.101. The summed E-state index contributed by atoms with van der Waals surface area (Å²) in [6, 6.07) is 11.6. The zero-order valence-corrected chi connectivity index (χ0v) is 14.3. The maximum atomic E-state index is 11.5. The van der Waals surface area contributed by atoms with E-state index in [1.807, 2.05) is 43.3 Å². The van der Waals surface area contributed by atoms with Crippen LogP contribution in [0.1, 0.15) is 18.1 Å². The fourth-order valence-corrected chi connectivity index (χ4v) is 2.91. The highest BCUT2D eigenvalue weighted by molar-refractivity contribution is 5.91. The lowest BCUT2D eigenvalue weighted by atomic mass is 10.0. The van der Waals surface area contributed by atoms with E-state index in [9.17, 15) is 4.79 Å². The third-order valence-corrected chi connectivity index (χ3v) is 4.13. The predicted molar refractivity (Wildman–Crippen MR) is 93.9 cm³/mol. The molecule has 0 aliphatic carbocycles. The van der Waals surface area contributed by atoms with Gasteiger partial charge in [-0.1, -0.05) is 0 Å². The number of carbonyl (C=O) groups is 1. The Kier molecular flexibility index (Phi) is 4.30. The molecule has 1 aromatic heterocycles. The number of ketones is 1. The highest BCUT2D eigenvalue weighted by Crippen LogP contribution is 2.37. The van der Waals surface area contributed by atoms with Crippen molar-refractivity contribution in [2.24, 2.45) is 0 Å². The summed E-state index contributed by atoms with van der Waals surface area (Å²) in [4.78, 5) is 11.5. The van der Waals surface area contributed by atoms with Crippen molar-refractivity contribution >= 4 is 16.8 Å². The molecule has 3 aromatic rings. The van der Waals surface area contributed by atoms with Crippen molar-refractivity contribution in [3.05, 3.63) is 47.5 Å². The molecule has 2 aromatic carbocycles. The Bertz CT molecular complexity index is 888. The number of Topliss-reactive ketones (excluding diaryl/α,β-unsaturated/α-hetero) is 1. The molecule has 3 rings (SSSR count). The monoisotopic (exact) mass is 324 g/mol. The van der Waals surface area contributed by atoms with Crippen molar-refractivity contribution in [2.75, 3.05) is 14.2 Å². The zero-order chi connectivity index (χ0) is 17.3. The highest BCUT2D eigenvalue weighted by Gasteiger charge is 2.16. The number of ether oxygens (including phenoxy) is 2. The first-order valence-electron chi connectivity index (χ1n) is 7.77. The van der Waals surface area contributed by atoms with Gasteiger partial charge in [0.1, 0.15) is 28.6 Å². The number of hydrogen-bond donors (Lipinski definition) is 0. The van der Waals surface area contributed by atoms with Crippen LogP contribution in [0, 0.1) is 6.92 Å². The zero-order valence-electron chi connectivity index (χ0n) is 14.3. The normalized spacial score (nSPS) is 10.8. The SMILES string of the molecule is COc1ccc(-c2oc3cc(OC)c(CC(C)=O)cc3c2C)cc1. The number of rotatable bonds is 5. The summed E-state index contributed by atoms with van der Waals surface area (Å²) in [6.45, 7) is 3.60. The molecule has 0 atom stereocenters. The molecule has 0 bridgehead atoms. The van der Waals surface area contributed by atoms with Gasteiger partial charge in [-0.15, -0.1) is 0 Å². The van der Waals surface area contributed by atoms with Crippen molar-refractivity contribution < 1.29 is 18.7 Å². The molecule has 0 aliphatic rings. The molecule has 24 heavy (non-hydrogen) atoms. The molecule has 4 heteroatoms. The summed E-state index contributed by atoms with van der Waals surface area (Å²) in [5, 5.41) is 0.998. The minimum atomic E-state index is 0.101. The van der Waals surface area contributed by atoms with Crippen LogP contribution in [0.5, 0.6) is 11.5 Å². The lowest BCUT2D eigenvalue weighted by molar-refractivity contribution is -0.116. The van der Waals surface area contributed by atoms with E-state index >= 15 is 0 Å². The van der Waals surface area contributed by atoms with Gasteiger partial charge in [0, 0.05) is 34.6 Å². The molecule has 0 saturated carbocycles. The van der Waals surface area contributed by atoms with Crippen LogP contribution in [-0.4, -0.2) is 20.0 Å². The van der Waals surface area contributed by atoms with Crippen molar-refractivity contribution in [1.29, 1.82) is 0 Å². The molecule has 0 spiro atoms. The summed E-state index contributed by atoms with van der Waals surface area (Å²) in [5.74, 6) is 2.39. The Hall–Kier alpha value is -2.75. The van der Waals surface area contributed by atoms with Crippen LogP contribution in [0.15, 0.2) is 40.8 Å². The van der Waals surface area contributed by atoms with E-state index in [4.69, 9.17) is 13.9 Å². The Labute approximate surface area is 141 Å². The molecule has 124 valence electrons. The number of benzene rings is 2. The van der Waals surface area contributed by atoms with Crippen LogP contribution in [0.2, 0.25) is 0 Å². The molecule has 0 radical (unpaired) electrons. The average Bonchev–Trinajstić information content (AvgIpc) is 2.90. The van der Waals surface area contributed by atoms with Gasteiger partial charge in [0.15, 0.2) is 0 Å². The minimum Gasteiger partial charge on any atom is -0.497 e. The largest absolute Gasteiger partial charge is 0.497 e. The quantitative estimate of drug-likeness (QED) is 0.690. The predicted octanol–water partition coefficient (Wildman–Crippen LogP) is 4.56. The summed E-state index contributed by atoms with van der Waals surface area (Å²) >= 11 is 0. The van der Waals surface area contributed by atoms with Gasteiger partial charge in [0.25, 0.3) is 0 Å². The van der Waals surface area contributed by atoms with E-state index in [1.54, 1.807) is 21.1 Å². The second-order valence-corrected chi connectivity index (χ2v) is 5.82. The summed E-state index contributed by atoms with van der Waals surface area (Å²) in [5.41, 5.74) is 3.66. The molecular weight excluding hydrogens is 304 g/mol. The number of methoxy groups -OCH3 is 2. The molecule has 0 fully saturated rings. The van der Waals surface area contributed by atoms with Crippen LogP contribution < -0.4 is 9.47 Å². The Morgan fingerprint density at radius 2 is 1.79 bits per heavy atom. The first-order chi connectivity index (χ1) is 11.5. The summed E-state index contributed by atoms with van der Waals surface area (Å²) in [6.07, 6.45) is 0.349. The molecule has 1 heterocycles. The molecule has 0 unspecified atom stereocenters. The molecule has 4 nitrogen and oxygen atoms in total. The van der Waals surface area contributed by atoms with E-state index in [0.717, 1.165) is 39.2 Å². The van der Waals surface area contributed by atoms with Gasteiger partial charge < -0.3 is 13.9 Å². The molecule has 0 saturated heterocycles. The Morgan fingerprint density at radius 3 is 2.38 bits per heavy atom. The van der Waals surface area contributed by atoms with Crippen LogP contribution in [0.3, 0.4) is 0 Å². The van der Waals surface area contributed by atoms with Gasteiger partial charge in [-0.2, -0.15) is 0 Å². The smallest absolute Gasteiger partial charge is 0.138 e. The van der Waals surface area contributed by atoms with Crippen molar-refractivity contribution in [3.63, 3.8) is 0 Å². The maximum Gasteiger partial charge on any atom is 0.138 e. The van der Waals surface area contributed by atoms with Gasteiger partial charge in [-0.25, -0.2) is 0 Å². The Balaban J connectivity index is 2.13. The third-order valence-electron chi connectivity index (χ3n) is 4.13. The van der Waals surface area contributed by atoms with Gasteiger partial charge in [-0.05, 0) is 44.2 Å². The second-order valence-electron chi connectivity index (χ2n) is 5.82. The van der Waals surface area contributed by atoms with E-state index in [0.29, 0.717) is 12.2 Å². The van der Waals surface area contributed by atoms with Crippen LogP contribution in [0.25, 0.3) is 22.3 Å². The summed E-state index contributed by atoms with van der Waals surface area (Å²) in [7, 11) is 3.25. The highest BCUT2D eigenvalue weighted by atomic mass is 16.5. The average molecular weight is 324 g/mol. The number of aryl methyl sites for hydroxylation is 1. The number of hydrogen-bond acceptors (Lipinski definition) is 4. The van der Waals surface area contributed by atoms with Gasteiger partial charge >= 0.3 is 0 Å². The van der Waals surface area contributed by atoms with Crippen LogP contribution >= 0.6 is 0 Å². The molecule has 0 amide bonds. The molecular formula is C20H20O4. The Morgan fingerprint density at radius 1 is 1.08 bits per heavy atom. The second kappa shape index (κ2) is 6.40.